The third kappa shape index (κ3) is 3.39. The van der Waals surface area contributed by atoms with Gasteiger partial charge in [0.25, 0.3) is 0 Å². The number of benzene rings is 1. The van der Waals surface area contributed by atoms with Crippen molar-refractivity contribution in [3.63, 3.8) is 0 Å². The van der Waals surface area contributed by atoms with Crippen molar-refractivity contribution in [3.8, 4) is 0 Å². The highest BCUT2D eigenvalue weighted by atomic mass is 32.2. The number of nitrogens with two attached hydrogens (primary N) is 1. The van der Waals surface area contributed by atoms with Gasteiger partial charge in [-0.25, -0.2) is 13.1 Å². The van der Waals surface area contributed by atoms with Crippen molar-refractivity contribution >= 4 is 21.4 Å². The molecule has 6 heteroatoms. The molecule has 0 saturated heterocycles. The molecule has 3 N–H and O–H groups in total. The maximum atomic E-state index is 12.0. The van der Waals surface area contributed by atoms with E-state index in [1.807, 2.05) is 11.9 Å². The second-order valence-electron chi connectivity index (χ2n) is 5.05. The molecule has 0 unspecified atom stereocenters. The van der Waals surface area contributed by atoms with E-state index in [2.05, 4.69) is 4.72 Å². The normalized spacial score (nSPS) is 15.5. The zero-order chi connectivity index (χ0) is 14.0. The summed E-state index contributed by atoms with van der Waals surface area (Å²) in [7, 11) is -1.48. The molecule has 0 heterocycles. The molecule has 1 aliphatic carbocycles. The van der Waals surface area contributed by atoms with Crippen LogP contribution in [0.1, 0.15) is 19.8 Å². The third-order valence-electron chi connectivity index (χ3n) is 3.29. The number of nitrogen functional groups attached to an aromatic ring is 1. The third-order valence-corrected chi connectivity index (χ3v) is 4.83. The lowest BCUT2D eigenvalue weighted by Gasteiger charge is -2.21. The molecule has 1 saturated carbocycles. The predicted octanol–water partition coefficient (Wildman–Crippen LogP) is 1.41. The fraction of sp³-hybridized carbons (Fsp3) is 0.538. The Morgan fingerprint density at radius 2 is 2.11 bits per heavy atom. The van der Waals surface area contributed by atoms with Gasteiger partial charge < -0.3 is 10.6 Å². The van der Waals surface area contributed by atoms with Gasteiger partial charge in [0, 0.05) is 20.1 Å². The molecule has 0 radical (unpaired) electrons. The number of hydrogen-bond donors (Lipinski definition) is 2. The van der Waals surface area contributed by atoms with Gasteiger partial charge in [-0.2, -0.15) is 0 Å². The van der Waals surface area contributed by atoms with Crippen LogP contribution in [-0.2, 0) is 10.0 Å². The first-order valence-electron chi connectivity index (χ1n) is 6.54. The molecule has 0 amide bonds. The molecule has 1 aliphatic rings. The van der Waals surface area contributed by atoms with Crippen LogP contribution in [0.4, 0.5) is 11.4 Å². The van der Waals surface area contributed by atoms with Crippen molar-refractivity contribution in [1.29, 1.82) is 0 Å². The minimum atomic E-state index is -3.43. The molecule has 0 aliphatic heterocycles. The first-order chi connectivity index (χ1) is 8.94. The average Bonchev–Trinajstić information content (AvgIpc) is 3.13. The smallest absolute Gasteiger partial charge is 0.240 e. The van der Waals surface area contributed by atoms with Gasteiger partial charge in [-0.15, -0.1) is 0 Å². The summed E-state index contributed by atoms with van der Waals surface area (Å²) in [5, 5.41) is 0. The molecule has 19 heavy (non-hydrogen) atoms. The summed E-state index contributed by atoms with van der Waals surface area (Å²) in [5.41, 5.74) is 7.34. The van der Waals surface area contributed by atoms with Crippen LogP contribution in [0.25, 0.3) is 0 Å². The van der Waals surface area contributed by atoms with Crippen LogP contribution in [0.3, 0.4) is 0 Å². The molecule has 1 fully saturated rings. The summed E-state index contributed by atoms with van der Waals surface area (Å²) in [5.74, 6) is 0.721. The van der Waals surface area contributed by atoms with E-state index in [1.165, 1.54) is 12.8 Å². The summed E-state index contributed by atoms with van der Waals surface area (Å²) >= 11 is 0. The van der Waals surface area contributed by atoms with Crippen molar-refractivity contribution in [3.05, 3.63) is 18.2 Å². The number of nitrogens with zero attached hydrogens (tertiary/aromatic N) is 1. The quantitative estimate of drug-likeness (QED) is 0.774. The fourth-order valence-corrected chi connectivity index (χ4v) is 3.14. The Bertz CT molecular complexity index is 553. The van der Waals surface area contributed by atoms with Crippen molar-refractivity contribution in [2.75, 3.05) is 30.8 Å². The van der Waals surface area contributed by atoms with Gasteiger partial charge in [0.1, 0.15) is 0 Å². The second kappa shape index (κ2) is 5.38. The molecular weight excluding hydrogens is 262 g/mol. The summed E-state index contributed by atoms with van der Waals surface area (Å²) in [6.45, 7) is 3.06. The topological polar surface area (TPSA) is 75.4 Å². The first-order valence-corrected chi connectivity index (χ1v) is 8.02. The Kier molecular flexibility index (Phi) is 4.01. The van der Waals surface area contributed by atoms with Gasteiger partial charge >= 0.3 is 0 Å². The van der Waals surface area contributed by atoms with Crippen LogP contribution in [0, 0.1) is 5.92 Å². The minimum absolute atomic E-state index is 0.265. The maximum absolute atomic E-state index is 12.0. The molecule has 1 aromatic rings. The monoisotopic (exact) mass is 283 g/mol. The highest BCUT2D eigenvalue weighted by Crippen LogP contribution is 2.33. The molecule has 0 spiro atoms. The number of nitrogens with one attached hydrogen (secondary N) is 1. The van der Waals surface area contributed by atoms with Crippen LogP contribution < -0.4 is 15.4 Å². The Labute approximate surface area is 114 Å². The van der Waals surface area contributed by atoms with Crippen LogP contribution in [-0.4, -0.2) is 28.6 Å². The van der Waals surface area contributed by atoms with Gasteiger partial charge in [-0.1, -0.05) is 6.92 Å². The zero-order valence-electron chi connectivity index (χ0n) is 11.4. The number of anilines is 2. The lowest BCUT2D eigenvalue weighted by Crippen LogP contribution is -2.25. The van der Waals surface area contributed by atoms with E-state index in [0.29, 0.717) is 12.2 Å². The summed E-state index contributed by atoms with van der Waals surface area (Å²) in [6, 6.07) is 4.85. The van der Waals surface area contributed by atoms with E-state index < -0.39 is 10.0 Å². The number of sulfonamides is 1. The van der Waals surface area contributed by atoms with E-state index >= 15 is 0 Å². The predicted molar refractivity (Wildman–Crippen MR) is 77.7 cm³/mol. The van der Waals surface area contributed by atoms with E-state index in [4.69, 9.17) is 5.73 Å². The van der Waals surface area contributed by atoms with E-state index in [1.54, 1.807) is 25.1 Å². The van der Waals surface area contributed by atoms with Gasteiger partial charge in [0.05, 0.1) is 16.3 Å². The maximum Gasteiger partial charge on any atom is 0.240 e. The SMILES string of the molecule is CCNS(=O)(=O)c1ccc(N)c(N(C)CC2CC2)c1. The summed E-state index contributed by atoms with van der Waals surface area (Å²) in [4.78, 5) is 2.30. The number of rotatable bonds is 6. The molecule has 106 valence electrons. The van der Waals surface area contributed by atoms with Gasteiger partial charge in [0.15, 0.2) is 0 Å². The molecule has 0 aromatic heterocycles. The highest BCUT2D eigenvalue weighted by molar-refractivity contribution is 7.89. The van der Waals surface area contributed by atoms with E-state index in [0.717, 1.165) is 18.2 Å². The van der Waals surface area contributed by atoms with Crippen molar-refractivity contribution < 1.29 is 8.42 Å². The molecule has 2 rings (SSSR count). The molecule has 0 atom stereocenters. The van der Waals surface area contributed by atoms with E-state index in [-0.39, 0.29) is 4.90 Å². The molecule has 5 nitrogen and oxygen atoms in total. The first kappa shape index (κ1) is 14.1. The van der Waals surface area contributed by atoms with Crippen LogP contribution in [0.2, 0.25) is 0 Å². The van der Waals surface area contributed by atoms with Gasteiger partial charge in [0.2, 0.25) is 10.0 Å². The Hall–Kier alpha value is -1.27. The number of hydrogen-bond acceptors (Lipinski definition) is 4. The Morgan fingerprint density at radius 3 is 2.68 bits per heavy atom. The molecular formula is C13H21N3O2S. The molecule has 0 bridgehead atoms. The fourth-order valence-electron chi connectivity index (χ4n) is 2.08. The van der Waals surface area contributed by atoms with Crippen molar-refractivity contribution in [1.82, 2.24) is 4.72 Å². The van der Waals surface area contributed by atoms with E-state index in [9.17, 15) is 8.42 Å². The average molecular weight is 283 g/mol. The Morgan fingerprint density at radius 1 is 1.42 bits per heavy atom. The lowest BCUT2D eigenvalue weighted by atomic mass is 10.2. The largest absolute Gasteiger partial charge is 0.397 e. The standard InChI is InChI=1S/C13H21N3O2S/c1-3-15-19(17,18)11-6-7-12(14)13(8-11)16(2)9-10-4-5-10/h6-8,10,15H,3-5,9,14H2,1-2H3. The second-order valence-corrected chi connectivity index (χ2v) is 6.81. The van der Waals surface area contributed by atoms with Crippen molar-refractivity contribution in [2.45, 2.75) is 24.7 Å². The van der Waals surface area contributed by atoms with Crippen LogP contribution in [0.15, 0.2) is 23.1 Å². The summed E-state index contributed by atoms with van der Waals surface area (Å²) < 4.78 is 26.5. The summed E-state index contributed by atoms with van der Waals surface area (Å²) in [6.07, 6.45) is 2.50. The van der Waals surface area contributed by atoms with Crippen LogP contribution in [0.5, 0.6) is 0 Å². The van der Waals surface area contributed by atoms with Crippen molar-refractivity contribution in [2.24, 2.45) is 5.92 Å². The zero-order valence-corrected chi connectivity index (χ0v) is 12.2. The highest BCUT2D eigenvalue weighted by Gasteiger charge is 2.24. The lowest BCUT2D eigenvalue weighted by molar-refractivity contribution is 0.584. The minimum Gasteiger partial charge on any atom is -0.397 e. The Balaban J connectivity index is 2.28. The van der Waals surface area contributed by atoms with Gasteiger partial charge in [-0.05, 0) is 37.0 Å². The van der Waals surface area contributed by atoms with Gasteiger partial charge in [-0.3, -0.25) is 0 Å². The van der Waals surface area contributed by atoms with Crippen LogP contribution >= 0.6 is 0 Å². The molecule has 1 aromatic carbocycles.